The van der Waals surface area contributed by atoms with Crippen molar-refractivity contribution in [1.82, 2.24) is 9.97 Å². The number of nitrogens with one attached hydrogen (secondary N) is 1. The fourth-order valence-corrected chi connectivity index (χ4v) is 3.35. The summed E-state index contributed by atoms with van der Waals surface area (Å²) in [7, 11) is 0. The normalized spacial score (nSPS) is 12.1. The molecule has 1 atom stereocenters. The van der Waals surface area contributed by atoms with Gasteiger partial charge in [0.05, 0.1) is 6.04 Å². The van der Waals surface area contributed by atoms with Crippen LogP contribution in [0.5, 0.6) is 5.75 Å². The first-order valence-electron chi connectivity index (χ1n) is 8.96. The van der Waals surface area contributed by atoms with Crippen LogP contribution in [0.3, 0.4) is 0 Å². The van der Waals surface area contributed by atoms with E-state index in [1.165, 1.54) is 0 Å². The summed E-state index contributed by atoms with van der Waals surface area (Å²) in [6, 6.07) is 21.6. The standard InChI is InChI=1S/C23H21N3O/c1-15-7-3-4-8-18(15)22(26-20-9-5-6-14-24-20)19-13-12-17-11-10-16(2)25-21(17)23(19)27/h3-14,22,27H,1-2H3,(H,24,26)/t22-/m0/s1. The number of hydrogen-bond acceptors (Lipinski definition) is 4. The van der Waals surface area contributed by atoms with Crippen molar-refractivity contribution in [2.75, 3.05) is 5.32 Å². The lowest BCUT2D eigenvalue weighted by atomic mass is 9.93. The first-order chi connectivity index (χ1) is 13.1. The zero-order chi connectivity index (χ0) is 18.8. The van der Waals surface area contributed by atoms with Crippen LogP contribution in [-0.2, 0) is 0 Å². The molecule has 0 fully saturated rings. The molecular formula is C23H21N3O. The van der Waals surface area contributed by atoms with Crippen molar-refractivity contribution in [2.24, 2.45) is 0 Å². The van der Waals surface area contributed by atoms with Crippen molar-refractivity contribution >= 4 is 16.7 Å². The van der Waals surface area contributed by atoms with Gasteiger partial charge in [-0.3, -0.25) is 0 Å². The van der Waals surface area contributed by atoms with Crippen LogP contribution in [0.15, 0.2) is 72.9 Å². The highest BCUT2D eigenvalue weighted by Crippen LogP contribution is 2.37. The van der Waals surface area contributed by atoms with E-state index in [-0.39, 0.29) is 11.8 Å². The molecule has 0 aliphatic heterocycles. The number of phenolic OH excluding ortho intramolecular Hbond substituents is 1. The second-order valence-corrected chi connectivity index (χ2v) is 6.68. The molecule has 2 aromatic heterocycles. The number of hydrogen-bond donors (Lipinski definition) is 2. The van der Waals surface area contributed by atoms with E-state index in [0.717, 1.165) is 33.6 Å². The first-order valence-corrected chi connectivity index (χ1v) is 8.96. The number of fused-ring (bicyclic) bond motifs is 1. The topological polar surface area (TPSA) is 58.0 Å². The Morgan fingerprint density at radius 3 is 2.41 bits per heavy atom. The zero-order valence-electron chi connectivity index (χ0n) is 15.3. The van der Waals surface area contributed by atoms with Gasteiger partial charge in [0, 0.05) is 22.8 Å². The van der Waals surface area contributed by atoms with Crippen LogP contribution in [0, 0.1) is 13.8 Å². The van der Waals surface area contributed by atoms with Gasteiger partial charge in [-0.15, -0.1) is 0 Å². The maximum atomic E-state index is 11.1. The van der Waals surface area contributed by atoms with Crippen LogP contribution in [0.2, 0.25) is 0 Å². The highest BCUT2D eigenvalue weighted by atomic mass is 16.3. The minimum absolute atomic E-state index is 0.202. The molecule has 0 amide bonds. The van der Waals surface area contributed by atoms with E-state index in [2.05, 4.69) is 34.3 Å². The third-order valence-electron chi connectivity index (χ3n) is 4.77. The molecule has 4 heteroatoms. The molecule has 2 aromatic carbocycles. The first kappa shape index (κ1) is 17.0. The Hall–Kier alpha value is -3.40. The summed E-state index contributed by atoms with van der Waals surface area (Å²) >= 11 is 0. The third kappa shape index (κ3) is 3.34. The fourth-order valence-electron chi connectivity index (χ4n) is 3.35. The Balaban J connectivity index is 1.89. The molecule has 0 aliphatic rings. The quantitative estimate of drug-likeness (QED) is 0.531. The van der Waals surface area contributed by atoms with E-state index < -0.39 is 0 Å². The predicted octanol–water partition coefficient (Wildman–Crippen LogP) is 5.15. The van der Waals surface area contributed by atoms with Gasteiger partial charge < -0.3 is 10.4 Å². The highest BCUT2D eigenvalue weighted by Gasteiger charge is 2.21. The van der Waals surface area contributed by atoms with Crippen LogP contribution >= 0.6 is 0 Å². The van der Waals surface area contributed by atoms with Gasteiger partial charge in [0.1, 0.15) is 17.1 Å². The molecule has 134 valence electrons. The Morgan fingerprint density at radius 1 is 0.852 bits per heavy atom. The predicted molar refractivity (Wildman–Crippen MR) is 109 cm³/mol. The van der Waals surface area contributed by atoms with Gasteiger partial charge in [-0.25, -0.2) is 9.97 Å². The van der Waals surface area contributed by atoms with E-state index in [0.29, 0.717) is 5.52 Å². The van der Waals surface area contributed by atoms with Crippen LogP contribution < -0.4 is 5.32 Å². The molecule has 0 radical (unpaired) electrons. The van der Waals surface area contributed by atoms with Crippen molar-refractivity contribution in [1.29, 1.82) is 0 Å². The Labute approximate surface area is 158 Å². The summed E-state index contributed by atoms with van der Waals surface area (Å²) in [6.45, 7) is 4.00. The molecule has 4 rings (SSSR count). The summed E-state index contributed by atoms with van der Waals surface area (Å²) in [4.78, 5) is 8.94. The molecule has 27 heavy (non-hydrogen) atoms. The van der Waals surface area contributed by atoms with Gasteiger partial charge in [-0.2, -0.15) is 0 Å². The second kappa shape index (κ2) is 7.08. The van der Waals surface area contributed by atoms with E-state index >= 15 is 0 Å². The van der Waals surface area contributed by atoms with E-state index in [4.69, 9.17) is 0 Å². The minimum Gasteiger partial charge on any atom is -0.505 e. The van der Waals surface area contributed by atoms with Crippen molar-refractivity contribution in [3.05, 3.63) is 95.3 Å². The van der Waals surface area contributed by atoms with Crippen LogP contribution in [0.4, 0.5) is 5.82 Å². The van der Waals surface area contributed by atoms with Crippen LogP contribution in [-0.4, -0.2) is 15.1 Å². The van der Waals surface area contributed by atoms with Crippen molar-refractivity contribution < 1.29 is 5.11 Å². The summed E-state index contributed by atoms with van der Waals surface area (Å²) in [5.74, 6) is 0.954. The summed E-state index contributed by atoms with van der Waals surface area (Å²) in [5, 5.41) is 15.4. The molecule has 0 unspecified atom stereocenters. The third-order valence-corrected chi connectivity index (χ3v) is 4.77. The van der Waals surface area contributed by atoms with Crippen LogP contribution in [0.1, 0.15) is 28.4 Å². The second-order valence-electron chi connectivity index (χ2n) is 6.68. The largest absolute Gasteiger partial charge is 0.505 e. The molecule has 4 aromatic rings. The van der Waals surface area contributed by atoms with Gasteiger partial charge in [0.15, 0.2) is 0 Å². The number of anilines is 1. The van der Waals surface area contributed by atoms with Gasteiger partial charge in [0.2, 0.25) is 0 Å². The molecule has 0 saturated heterocycles. The van der Waals surface area contributed by atoms with Gasteiger partial charge in [-0.05, 0) is 43.2 Å². The number of nitrogens with zero attached hydrogens (tertiary/aromatic N) is 2. The number of benzene rings is 2. The van der Waals surface area contributed by atoms with Gasteiger partial charge in [-0.1, -0.05) is 48.5 Å². The number of pyridine rings is 2. The monoisotopic (exact) mass is 355 g/mol. The SMILES string of the molecule is Cc1ccc2ccc([C@@H](Nc3ccccn3)c3ccccc3C)c(O)c2n1. The minimum atomic E-state index is -0.243. The zero-order valence-corrected chi connectivity index (χ0v) is 15.3. The Kier molecular flexibility index (Phi) is 4.47. The molecule has 2 heterocycles. The number of rotatable bonds is 4. The fraction of sp³-hybridized carbons (Fsp3) is 0.130. The van der Waals surface area contributed by atoms with E-state index in [9.17, 15) is 5.11 Å². The Morgan fingerprint density at radius 2 is 1.63 bits per heavy atom. The van der Waals surface area contributed by atoms with Crippen molar-refractivity contribution in [3.8, 4) is 5.75 Å². The number of aryl methyl sites for hydroxylation is 2. The molecule has 2 N–H and O–H groups in total. The molecular weight excluding hydrogens is 334 g/mol. The lowest BCUT2D eigenvalue weighted by Gasteiger charge is -2.23. The van der Waals surface area contributed by atoms with Crippen molar-refractivity contribution in [3.63, 3.8) is 0 Å². The molecule has 0 saturated carbocycles. The van der Waals surface area contributed by atoms with E-state index in [1.807, 2.05) is 61.5 Å². The number of phenols is 1. The number of aromatic nitrogens is 2. The summed E-state index contributed by atoms with van der Waals surface area (Å²) in [5.41, 5.74) is 4.50. The van der Waals surface area contributed by atoms with Gasteiger partial charge in [0.25, 0.3) is 0 Å². The number of aromatic hydroxyl groups is 1. The molecule has 0 bridgehead atoms. The van der Waals surface area contributed by atoms with Gasteiger partial charge >= 0.3 is 0 Å². The average molecular weight is 355 g/mol. The lowest BCUT2D eigenvalue weighted by Crippen LogP contribution is -2.15. The van der Waals surface area contributed by atoms with Crippen LogP contribution in [0.25, 0.3) is 10.9 Å². The lowest BCUT2D eigenvalue weighted by molar-refractivity contribution is 0.471. The summed E-state index contributed by atoms with van der Waals surface area (Å²) in [6.07, 6.45) is 1.75. The smallest absolute Gasteiger partial charge is 0.147 e. The maximum absolute atomic E-state index is 11.1. The highest BCUT2D eigenvalue weighted by molar-refractivity contribution is 5.86. The van der Waals surface area contributed by atoms with E-state index in [1.54, 1.807) is 6.20 Å². The average Bonchev–Trinajstić information content (AvgIpc) is 2.69. The molecule has 4 nitrogen and oxygen atoms in total. The summed E-state index contributed by atoms with van der Waals surface area (Å²) < 4.78 is 0. The molecule has 0 spiro atoms. The Bertz CT molecular complexity index is 1090. The molecule has 0 aliphatic carbocycles. The maximum Gasteiger partial charge on any atom is 0.147 e. The van der Waals surface area contributed by atoms with Crippen molar-refractivity contribution in [2.45, 2.75) is 19.9 Å².